The summed E-state index contributed by atoms with van der Waals surface area (Å²) in [7, 11) is -4.05. The summed E-state index contributed by atoms with van der Waals surface area (Å²) < 4.78 is 50.5. The van der Waals surface area contributed by atoms with E-state index >= 15 is 0 Å². The van der Waals surface area contributed by atoms with Crippen molar-refractivity contribution in [3.05, 3.63) is 69.8 Å². The number of aromatic amines is 1. The highest BCUT2D eigenvalue weighted by molar-refractivity contribution is 7.89. The molecule has 0 fully saturated rings. The Morgan fingerprint density at radius 2 is 1.82 bits per heavy atom. The maximum Gasteiger partial charge on any atom is 0.257 e. The van der Waals surface area contributed by atoms with Gasteiger partial charge in [-0.15, -0.1) is 0 Å². The molecular formula is C17H16ClF2N5O2S. The molecule has 0 spiro atoms. The van der Waals surface area contributed by atoms with Gasteiger partial charge in [0.25, 0.3) is 10.0 Å². The third-order valence-corrected chi connectivity index (χ3v) is 5.22. The van der Waals surface area contributed by atoms with Crippen LogP contribution in [-0.4, -0.2) is 23.4 Å². The van der Waals surface area contributed by atoms with E-state index in [1.54, 1.807) is 0 Å². The van der Waals surface area contributed by atoms with Gasteiger partial charge in [0.05, 0.1) is 16.4 Å². The van der Waals surface area contributed by atoms with Crippen molar-refractivity contribution in [2.24, 2.45) is 5.14 Å². The molecule has 1 atom stereocenters. The second-order valence-electron chi connectivity index (χ2n) is 6.11. The molecule has 3 aromatic rings. The van der Waals surface area contributed by atoms with Crippen LogP contribution in [0.1, 0.15) is 28.8 Å². The molecule has 0 radical (unpaired) electrons. The van der Waals surface area contributed by atoms with Gasteiger partial charge in [-0.25, -0.2) is 32.3 Å². The lowest BCUT2D eigenvalue weighted by atomic mass is 10.1. The van der Waals surface area contributed by atoms with E-state index in [0.29, 0.717) is 11.4 Å². The summed E-state index contributed by atoms with van der Waals surface area (Å²) in [6.45, 7) is 3.01. The first kappa shape index (κ1) is 20.2. The molecule has 2 heterocycles. The number of nitrogens with two attached hydrogens (primary N) is 1. The number of hydrogen-bond donors (Lipinski definition) is 3. The van der Waals surface area contributed by atoms with E-state index in [4.69, 9.17) is 16.7 Å². The quantitative estimate of drug-likeness (QED) is 0.578. The smallest absolute Gasteiger partial charge is 0.257 e. The number of pyridine rings is 1. The molecule has 11 heteroatoms. The van der Waals surface area contributed by atoms with Crippen LogP contribution >= 0.6 is 11.6 Å². The number of aromatic nitrogens is 3. The normalized spacial score (nSPS) is 12.8. The van der Waals surface area contributed by atoms with Crippen LogP contribution in [0.3, 0.4) is 0 Å². The van der Waals surface area contributed by atoms with E-state index in [1.807, 2.05) is 0 Å². The zero-order valence-electron chi connectivity index (χ0n) is 14.8. The summed E-state index contributed by atoms with van der Waals surface area (Å²) in [6.07, 6.45) is 0. The van der Waals surface area contributed by atoms with Crippen LogP contribution in [0.25, 0.3) is 0 Å². The largest absolute Gasteiger partial charge is 0.356 e. The van der Waals surface area contributed by atoms with Crippen molar-refractivity contribution in [1.29, 1.82) is 0 Å². The molecule has 4 N–H and O–H groups in total. The number of aryl methyl sites for hydroxylation is 2. The fourth-order valence-electron chi connectivity index (χ4n) is 2.65. The third-order valence-electron chi connectivity index (χ3n) is 3.99. The first-order valence-corrected chi connectivity index (χ1v) is 9.92. The van der Waals surface area contributed by atoms with E-state index in [0.717, 1.165) is 0 Å². The predicted octanol–water partition coefficient (Wildman–Crippen LogP) is 3.20. The second-order valence-corrected chi connectivity index (χ2v) is 8.00. The Bertz CT molecular complexity index is 1150. The molecular weight excluding hydrogens is 412 g/mol. The van der Waals surface area contributed by atoms with Crippen LogP contribution in [0.15, 0.2) is 35.4 Å². The van der Waals surface area contributed by atoms with Gasteiger partial charge in [0.1, 0.15) is 29.3 Å². The van der Waals surface area contributed by atoms with Crippen molar-refractivity contribution in [1.82, 2.24) is 15.0 Å². The predicted molar refractivity (Wildman–Crippen MR) is 101 cm³/mol. The number of rotatable bonds is 5. The van der Waals surface area contributed by atoms with E-state index in [9.17, 15) is 17.2 Å². The number of anilines is 1. The Kier molecular flexibility index (Phi) is 5.37. The molecule has 28 heavy (non-hydrogen) atoms. The minimum Gasteiger partial charge on any atom is -0.356 e. The average molecular weight is 428 g/mol. The summed E-state index contributed by atoms with van der Waals surface area (Å²) in [5.74, 6) is -0.596. The molecule has 2 aromatic heterocycles. The van der Waals surface area contributed by atoms with Crippen LogP contribution in [0, 0.1) is 25.5 Å². The van der Waals surface area contributed by atoms with Gasteiger partial charge in [0.15, 0.2) is 5.03 Å². The first-order valence-electron chi connectivity index (χ1n) is 8.00. The highest BCUT2D eigenvalue weighted by Gasteiger charge is 2.24. The zero-order valence-corrected chi connectivity index (χ0v) is 16.4. The Morgan fingerprint density at radius 3 is 2.39 bits per heavy atom. The van der Waals surface area contributed by atoms with Gasteiger partial charge in [0.2, 0.25) is 0 Å². The van der Waals surface area contributed by atoms with Gasteiger partial charge >= 0.3 is 0 Å². The third kappa shape index (κ3) is 4.13. The molecule has 0 aliphatic heterocycles. The number of H-pyrrole nitrogens is 1. The molecule has 0 aliphatic rings. The van der Waals surface area contributed by atoms with Crippen LogP contribution in [0.5, 0.6) is 0 Å². The highest BCUT2D eigenvalue weighted by Crippen LogP contribution is 2.29. The number of benzene rings is 1. The van der Waals surface area contributed by atoms with Gasteiger partial charge in [-0.3, -0.25) is 0 Å². The maximum absolute atomic E-state index is 13.6. The van der Waals surface area contributed by atoms with Gasteiger partial charge in [-0.05, 0) is 43.7 Å². The molecule has 148 valence electrons. The van der Waals surface area contributed by atoms with Crippen molar-refractivity contribution >= 4 is 27.4 Å². The van der Waals surface area contributed by atoms with Crippen LogP contribution in [0.4, 0.5) is 14.6 Å². The lowest BCUT2D eigenvalue weighted by molar-refractivity contribution is 0.593. The standard InChI is InChI=1S/C17H16ClF2N5O2S/c1-8-12(19)5-6-14(22-8)24-15(10-3-4-13(20)11(18)7-10)16-23-9(2)17(25-16)28(21,26)27/h3-7,15H,1-2H3,(H,22,24)(H,23,25)(H2,21,26,27)/t15-/m1/s1. The fourth-order valence-corrected chi connectivity index (χ4v) is 3.55. The van der Waals surface area contributed by atoms with E-state index in [2.05, 4.69) is 20.3 Å². The van der Waals surface area contributed by atoms with Crippen LogP contribution in [-0.2, 0) is 10.0 Å². The second kappa shape index (κ2) is 7.46. The number of sulfonamides is 1. The summed E-state index contributed by atoms with van der Waals surface area (Å²) in [5.41, 5.74) is 0.882. The van der Waals surface area contributed by atoms with E-state index < -0.39 is 27.7 Å². The summed E-state index contributed by atoms with van der Waals surface area (Å²) in [6, 6.07) is 5.87. The van der Waals surface area contributed by atoms with Crippen LogP contribution < -0.4 is 10.5 Å². The van der Waals surface area contributed by atoms with Gasteiger partial charge in [0, 0.05) is 0 Å². The number of hydrogen-bond acceptors (Lipinski definition) is 5. The Labute approximate surface area is 165 Å². The highest BCUT2D eigenvalue weighted by atomic mass is 35.5. The summed E-state index contributed by atoms with van der Waals surface area (Å²) in [4.78, 5) is 11.0. The van der Waals surface area contributed by atoms with Gasteiger partial charge in [-0.2, -0.15) is 0 Å². The lowest BCUT2D eigenvalue weighted by Crippen LogP contribution is -2.17. The van der Waals surface area contributed by atoms with Gasteiger partial charge in [-0.1, -0.05) is 17.7 Å². The first-order chi connectivity index (χ1) is 13.1. The molecule has 0 amide bonds. The topological polar surface area (TPSA) is 114 Å². The Morgan fingerprint density at radius 1 is 1.14 bits per heavy atom. The fraction of sp³-hybridized carbons (Fsp3) is 0.176. The van der Waals surface area contributed by atoms with Crippen molar-refractivity contribution in [3.8, 4) is 0 Å². The molecule has 0 saturated heterocycles. The number of halogens is 3. The number of nitrogens with zero attached hydrogens (tertiary/aromatic N) is 2. The number of primary sulfonamides is 1. The molecule has 1 aromatic carbocycles. The van der Waals surface area contributed by atoms with Crippen molar-refractivity contribution in [3.63, 3.8) is 0 Å². The average Bonchev–Trinajstić information content (AvgIpc) is 3.00. The van der Waals surface area contributed by atoms with E-state index in [1.165, 1.54) is 44.2 Å². The van der Waals surface area contributed by atoms with Gasteiger partial charge < -0.3 is 10.3 Å². The van der Waals surface area contributed by atoms with Crippen molar-refractivity contribution in [2.75, 3.05) is 5.32 Å². The molecule has 7 nitrogen and oxygen atoms in total. The zero-order chi connectivity index (χ0) is 20.6. The van der Waals surface area contributed by atoms with E-state index in [-0.39, 0.29) is 27.3 Å². The molecule has 0 saturated carbocycles. The van der Waals surface area contributed by atoms with Crippen molar-refractivity contribution in [2.45, 2.75) is 24.9 Å². The molecule has 0 unspecified atom stereocenters. The summed E-state index contributed by atoms with van der Waals surface area (Å²) in [5, 5.41) is 7.78. The SMILES string of the molecule is Cc1nc(N[C@H](c2ccc(F)c(Cl)c2)c2nc(S(N)(=O)=O)c(C)[nH]2)ccc1F. The lowest BCUT2D eigenvalue weighted by Gasteiger charge is -2.18. The number of nitrogens with one attached hydrogen (secondary N) is 2. The minimum atomic E-state index is -4.05. The molecule has 3 rings (SSSR count). The molecule has 0 bridgehead atoms. The Balaban J connectivity index is 2.11. The Hall–Kier alpha value is -2.56. The molecule has 0 aliphatic carbocycles. The minimum absolute atomic E-state index is 0.123. The van der Waals surface area contributed by atoms with Crippen molar-refractivity contribution < 1.29 is 17.2 Å². The maximum atomic E-state index is 13.6. The monoisotopic (exact) mass is 427 g/mol. The van der Waals surface area contributed by atoms with Crippen LogP contribution in [0.2, 0.25) is 5.02 Å². The summed E-state index contributed by atoms with van der Waals surface area (Å²) >= 11 is 5.89. The number of imidazole rings is 1.